The van der Waals surface area contributed by atoms with Crippen molar-refractivity contribution in [2.24, 2.45) is 5.16 Å². The molecule has 0 aliphatic carbocycles. The lowest BCUT2D eigenvalue weighted by molar-refractivity contribution is -0.114. The highest BCUT2D eigenvalue weighted by atomic mass is 32.2. The van der Waals surface area contributed by atoms with E-state index in [1.807, 2.05) is 0 Å². The van der Waals surface area contributed by atoms with Crippen molar-refractivity contribution >= 4 is 33.0 Å². The Hall–Kier alpha value is -2.87. The van der Waals surface area contributed by atoms with Crippen LogP contribution in [0.15, 0.2) is 58.6 Å². The molecule has 0 aromatic heterocycles. The molecule has 0 saturated carbocycles. The number of nitrogens with zero attached hydrogens (tertiary/aromatic N) is 1. The first-order valence-electron chi connectivity index (χ1n) is 7.01. The highest BCUT2D eigenvalue weighted by molar-refractivity contribution is 7.92. The molecule has 1 amide bonds. The SMILES string of the molecule is CC(=O)Nc1ccc(S(=O)(=O)Nc2cccc(/C(C)=N/O)c2)cc1. The van der Waals surface area contributed by atoms with E-state index in [0.29, 0.717) is 22.6 Å². The van der Waals surface area contributed by atoms with E-state index in [1.165, 1.54) is 31.2 Å². The first kappa shape index (κ1) is 17.5. The van der Waals surface area contributed by atoms with Gasteiger partial charge in [0.15, 0.2) is 0 Å². The van der Waals surface area contributed by atoms with Crippen LogP contribution in [0.5, 0.6) is 0 Å². The summed E-state index contributed by atoms with van der Waals surface area (Å²) in [6.45, 7) is 2.98. The van der Waals surface area contributed by atoms with Crippen LogP contribution >= 0.6 is 0 Å². The maximum atomic E-state index is 12.4. The lowest BCUT2D eigenvalue weighted by Crippen LogP contribution is -2.13. The number of oxime groups is 1. The van der Waals surface area contributed by atoms with Crippen LogP contribution in [0.1, 0.15) is 19.4 Å². The normalized spacial score (nSPS) is 11.8. The van der Waals surface area contributed by atoms with Gasteiger partial charge in [-0.3, -0.25) is 9.52 Å². The van der Waals surface area contributed by atoms with Crippen molar-refractivity contribution in [1.29, 1.82) is 0 Å². The van der Waals surface area contributed by atoms with Gasteiger partial charge in [-0.2, -0.15) is 0 Å². The highest BCUT2D eigenvalue weighted by Gasteiger charge is 2.14. The van der Waals surface area contributed by atoms with Gasteiger partial charge >= 0.3 is 0 Å². The molecule has 0 spiro atoms. The Morgan fingerprint density at radius 3 is 2.29 bits per heavy atom. The van der Waals surface area contributed by atoms with E-state index in [0.717, 1.165) is 0 Å². The molecule has 2 rings (SSSR count). The molecule has 0 fully saturated rings. The number of rotatable bonds is 5. The van der Waals surface area contributed by atoms with Crippen LogP contribution in [0.4, 0.5) is 11.4 Å². The summed E-state index contributed by atoms with van der Waals surface area (Å²) in [5.41, 5.74) is 1.83. The van der Waals surface area contributed by atoms with Crippen molar-refractivity contribution in [2.45, 2.75) is 18.7 Å². The Bertz CT molecular complexity index is 874. The molecule has 0 bridgehead atoms. The molecule has 0 aliphatic rings. The minimum Gasteiger partial charge on any atom is -0.411 e. The van der Waals surface area contributed by atoms with Gasteiger partial charge in [0.25, 0.3) is 10.0 Å². The monoisotopic (exact) mass is 347 g/mol. The third-order valence-corrected chi connectivity index (χ3v) is 4.56. The molecule has 8 heteroatoms. The molecule has 126 valence electrons. The molecule has 0 aliphatic heterocycles. The number of hydrogen-bond acceptors (Lipinski definition) is 5. The number of carbonyl (C=O) groups excluding carboxylic acids is 1. The van der Waals surface area contributed by atoms with Crippen LogP contribution in [-0.4, -0.2) is 25.2 Å². The molecule has 0 unspecified atom stereocenters. The van der Waals surface area contributed by atoms with Gasteiger partial charge in [0, 0.05) is 23.9 Å². The first-order valence-corrected chi connectivity index (χ1v) is 8.50. The molecule has 0 heterocycles. The second kappa shape index (κ2) is 7.14. The van der Waals surface area contributed by atoms with Crippen LogP contribution in [0.3, 0.4) is 0 Å². The predicted molar refractivity (Wildman–Crippen MR) is 92.0 cm³/mol. The summed E-state index contributed by atoms with van der Waals surface area (Å²) >= 11 is 0. The summed E-state index contributed by atoms with van der Waals surface area (Å²) < 4.78 is 27.3. The van der Waals surface area contributed by atoms with E-state index in [-0.39, 0.29) is 10.8 Å². The standard InChI is InChI=1S/C16H17N3O4S/c1-11(18-21)13-4-3-5-15(10-13)19-24(22,23)16-8-6-14(7-9-16)17-12(2)20/h3-10,19,21H,1-2H3,(H,17,20)/b18-11+. The zero-order valence-corrected chi connectivity index (χ0v) is 14.0. The minimum atomic E-state index is -3.77. The summed E-state index contributed by atoms with van der Waals surface area (Å²) in [5, 5.41) is 14.5. The molecular weight excluding hydrogens is 330 g/mol. The van der Waals surface area contributed by atoms with Crippen molar-refractivity contribution in [1.82, 2.24) is 0 Å². The maximum absolute atomic E-state index is 12.4. The third kappa shape index (κ3) is 4.32. The Kier molecular flexibility index (Phi) is 5.20. The smallest absolute Gasteiger partial charge is 0.261 e. The molecule has 0 atom stereocenters. The van der Waals surface area contributed by atoms with E-state index in [1.54, 1.807) is 31.2 Å². The van der Waals surface area contributed by atoms with E-state index >= 15 is 0 Å². The Labute approximate surface area is 140 Å². The van der Waals surface area contributed by atoms with Crippen molar-refractivity contribution in [2.75, 3.05) is 10.0 Å². The predicted octanol–water partition coefficient (Wildman–Crippen LogP) is 2.64. The van der Waals surface area contributed by atoms with Crippen molar-refractivity contribution < 1.29 is 18.4 Å². The molecule has 3 N–H and O–H groups in total. The van der Waals surface area contributed by atoms with Crippen molar-refractivity contribution in [3.8, 4) is 0 Å². The van der Waals surface area contributed by atoms with Gasteiger partial charge in [0.05, 0.1) is 10.6 Å². The summed E-state index contributed by atoms with van der Waals surface area (Å²) in [5.74, 6) is -0.235. The Morgan fingerprint density at radius 1 is 1.04 bits per heavy atom. The van der Waals surface area contributed by atoms with E-state index in [2.05, 4.69) is 15.2 Å². The lowest BCUT2D eigenvalue weighted by atomic mass is 10.1. The van der Waals surface area contributed by atoms with Crippen LogP contribution in [0, 0.1) is 0 Å². The van der Waals surface area contributed by atoms with Gasteiger partial charge in [0.1, 0.15) is 0 Å². The fraction of sp³-hybridized carbons (Fsp3) is 0.125. The fourth-order valence-corrected chi connectivity index (χ4v) is 3.05. The average molecular weight is 347 g/mol. The quantitative estimate of drug-likeness (QED) is 0.439. The van der Waals surface area contributed by atoms with Crippen LogP contribution in [0.2, 0.25) is 0 Å². The first-order chi connectivity index (χ1) is 11.3. The minimum absolute atomic E-state index is 0.0644. The van der Waals surface area contributed by atoms with Crippen LogP contribution < -0.4 is 10.0 Å². The number of carbonyl (C=O) groups is 1. The number of amides is 1. The van der Waals surface area contributed by atoms with Crippen LogP contribution in [0.25, 0.3) is 0 Å². The Morgan fingerprint density at radius 2 is 1.71 bits per heavy atom. The number of benzene rings is 2. The van der Waals surface area contributed by atoms with Crippen molar-refractivity contribution in [3.05, 3.63) is 54.1 Å². The largest absolute Gasteiger partial charge is 0.411 e. The molecule has 0 saturated heterocycles. The van der Waals surface area contributed by atoms with E-state index < -0.39 is 10.0 Å². The van der Waals surface area contributed by atoms with E-state index in [4.69, 9.17) is 5.21 Å². The topological polar surface area (TPSA) is 108 Å². The number of sulfonamides is 1. The van der Waals surface area contributed by atoms with Gasteiger partial charge in [-0.25, -0.2) is 8.42 Å². The number of hydrogen-bond donors (Lipinski definition) is 3. The number of anilines is 2. The van der Waals surface area contributed by atoms with Gasteiger partial charge in [0.2, 0.25) is 5.91 Å². The lowest BCUT2D eigenvalue weighted by Gasteiger charge is -2.10. The number of nitrogens with one attached hydrogen (secondary N) is 2. The summed E-state index contributed by atoms with van der Waals surface area (Å²) in [6, 6.07) is 12.3. The van der Waals surface area contributed by atoms with Crippen LogP contribution in [-0.2, 0) is 14.8 Å². The molecule has 2 aromatic carbocycles. The molecular formula is C16H17N3O4S. The summed E-state index contributed by atoms with van der Waals surface area (Å²) in [7, 11) is -3.77. The molecule has 24 heavy (non-hydrogen) atoms. The Balaban J connectivity index is 2.24. The maximum Gasteiger partial charge on any atom is 0.261 e. The van der Waals surface area contributed by atoms with Gasteiger partial charge < -0.3 is 10.5 Å². The van der Waals surface area contributed by atoms with Crippen molar-refractivity contribution in [3.63, 3.8) is 0 Å². The van der Waals surface area contributed by atoms with E-state index in [9.17, 15) is 13.2 Å². The second-order valence-electron chi connectivity index (χ2n) is 5.08. The van der Waals surface area contributed by atoms with Gasteiger partial charge in [-0.15, -0.1) is 0 Å². The summed E-state index contributed by atoms with van der Waals surface area (Å²) in [6.07, 6.45) is 0. The third-order valence-electron chi connectivity index (χ3n) is 3.17. The molecule has 7 nitrogen and oxygen atoms in total. The average Bonchev–Trinajstić information content (AvgIpc) is 2.54. The van der Waals surface area contributed by atoms with Gasteiger partial charge in [-0.1, -0.05) is 17.3 Å². The zero-order valence-electron chi connectivity index (χ0n) is 13.1. The summed E-state index contributed by atoms with van der Waals surface area (Å²) in [4.78, 5) is 11.0. The molecule has 2 aromatic rings. The zero-order chi connectivity index (χ0) is 17.7. The second-order valence-corrected chi connectivity index (χ2v) is 6.76. The highest BCUT2D eigenvalue weighted by Crippen LogP contribution is 2.19. The fourth-order valence-electron chi connectivity index (χ4n) is 2.00. The molecule has 0 radical (unpaired) electrons. The van der Waals surface area contributed by atoms with Gasteiger partial charge in [-0.05, 0) is 43.3 Å².